The smallest absolute Gasteiger partial charge is 0.277 e. The summed E-state index contributed by atoms with van der Waals surface area (Å²) in [5.41, 5.74) is 1.79. The number of carbonyl (C=O) groups is 1. The highest BCUT2D eigenvalue weighted by Gasteiger charge is 2.10. The molecule has 0 aliphatic carbocycles. The van der Waals surface area contributed by atoms with Gasteiger partial charge in [0.2, 0.25) is 0 Å². The quantitative estimate of drug-likeness (QED) is 0.766. The monoisotopic (exact) mass is 358 g/mol. The Balaban J connectivity index is 1.67. The van der Waals surface area contributed by atoms with Crippen LogP contribution in [0.3, 0.4) is 0 Å². The topological polar surface area (TPSA) is 115 Å². The summed E-state index contributed by atoms with van der Waals surface area (Å²) >= 11 is 0. The maximum Gasteiger partial charge on any atom is 0.277 e. The van der Waals surface area contributed by atoms with Gasteiger partial charge in [0.05, 0.1) is 18.0 Å². The summed E-state index contributed by atoms with van der Waals surface area (Å²) in [5, 5.41) is 20.1. The summed E-state index contributed by atoms with van der Waals surface area (Å²) in [6, 6.07) is 11.4. The van der Waals surface area contributed by atoms with E-state index in [-0.39, 0.29) is 17.0 Å². The predicted molar refractivity (Wildman–Crippen MR) is 92.9 cm³/mol. The fraction of sp³-hybridized carbons (Fsp3) is 0.0526. The third kappa shape index (κ3) is 4.27. The van der Waals surface area contributed by atoms with Crippen molar-refractivity contribution in [2.24, 2.45) is 0 Å². The molecule has 0 saturated heterocycles. The summed E-state index contributed by atoms with van der Waals surface area (Å²) in [7, 11) is 0. The largest absolute Gasteiger partial charge is 0.305 e. The molecule has 0 bridgehead atoms. The normalized spacial score (nSPS) is 9.89. The summed E-state index contributed by atoms with van der Waals surface area (Å²) < 4.78 is 13.4. The van der Waals surface area contributed by atoms with E-state index in [9.17, 15) is 9.18 Å². The Morgan fingerprint density at radius 1 is 1.00 bits per heavy atom. The summed E-state index contributed by atoms with van der Waals surface area (Å²) in [4.78, 5) is 23.9. The van der Waals surface area contributed by atoms with Crippen LogP contribution in [0.2, 0.25) is 0 Å². The van der Waals surface area contributed by atoms with Gasteiger partial charge in [-0.15, -0.1) is 0 Å². The predicted octanol–water partition coefficient (Wildman–Crippen LogP) is 2.60. The molecule has 2 heterocycles. The van der Waals surface area contributed by atoms with Gasteiger partial charge in [0.25, 0.3) is 5.91 Å². The van der Waals surface area contributed by atoms with Gasteiger partial charge in [0.1, 0.15) is 29.5 Å². The first-order chi connectivity index (χ1) is 13.1. The molecule has 7 nitrogen and oxygen atoms in total. The Morgan fingerprint density at radius 2 is 1.81 bits per heavy atom. The zero-order valence-corrected chi connectivity index (χ0v) is 13.8. The highest BCUT2D eigenvalue weighted by atomic mass is 19.1. The van der Waals surface area contributed by atoms with Crippen LogP contribution < -0.4 is 5.32 Å². The van der Waals surface area contributed by atoms with E-state index in [2.05, 4.69) is 20.3 Å². The van der Waals surface area contributed by atoms with E-state index in [4.69, 9.17) is 10.5 Å². The van der Waals surface area contributed by atoms with Crippen LogP contribution in [0.1, 0.15) is 32.9 Å². The van der Waals surface area contributed by atoms with Crippen molar-refractivity contribution < 1.29 is 9.18 Å². The summed E-state index contributed by atoms with van der Waals surface area (Å²) in [6.07, 6.45) is 4.47. The molecule has 27 heavy (non-hydrogen) atoms. The standard InChI is InChI=1S/C19H11FN6O/c20-16-3-1-12(6-14(16)7-21)5-13-2-4-18(25-9-13)26-19(27)17-11-23-15(8-22)10-24-17/h1-4,6,9-11H,5H2,(H,25,26,27). The lowest BCUT2D eigenvalue weighted by atomic mass is 10.0. The Kier molecular flexibility index (Phi) is 5.10. The first kappa shape index (κ1) is 17.6. The number of nitrogens with zero attached hydrogens (tertiary/aromatic N) is 5. The minimum Gasteiger partial charge on any atom is -0.305 e. The molecule has 0 aliphatic heterocycles. The number of nitriles is 2. The molecule has 8 heteroatoms. The van der Waals surface area contributed by atoms with E-state index in [1.807, 2.05) is 12.1 Å². The van der Waals surface area contributed by atoms with Gasteiger partial charge in [-0.05, 0) is 35.7 Å². The van der Waals surface area contributed by atoms with Crippen molar-refractivity contribution in [3.05, 3.63) is 82.8 Å². The molecule has 1 N–H and O–H groups in total. The van der Waals surface area contributed by atoms with E-state index in [0.717, 1.165) is 11.1 Å². The molecule has 2 aromatic heterocycles. The van der Waals surface area contributed by atoms with Gasteiger partial charge in [-0.3, -0.25) is 4.79 Å². The second kappa shape index (κ2) is 7.81. The molecule has 0 aliphatic rings. The molecule has 0 radical (unpaired) electrons. The Hall–Kier alpha value is -4.17. The van der Waals surface area contributed by atoms with Crippen LogP contribution in [-0.4, -0.2) is 20.9 Å². The SMILES string of the molecule is N#Cc1cnc(C(=O)Nc2ccc(Cc3ccc(F)c(C#N)c3)cn2)cn1. The number of hydrogen-bond donors (Lipinski definition) is 1. The van der Waals surface area contributed by atoms with Crippen LogP contribution in [0.5, 0.6) is 0 Å². The van der Waals surface area contributed by atoms with Crippen molar-refractivity contribution in [2.75, 3.05) is 5.32 Å². The Bertz CT molecular complexity index is 1070. The lowest BCUT2D eigenvalue weighted by Gasteiger charge is -2.06. The van der Waals surface area contributed by atoms with E-state index in [1.165, 1.54) is 24.5 Å². The number of benzene rings is 1. The van der Waals surface area contributed by atoms with E-state index in [0.29, 0.717) is 12.2 Å². The molecule has 1 amide bonds. The van der Waals surface area contributed by atoms with Crippen molar-refractivity contribution in [1.82, 2.24) is 15.0 Å². The zero-order valence-electron chi connectivity index (χ0n) is 13.8. The molecular weight excluding hydrogens is 347 g/mol. The van der Waals surface area contributed by atoms with Crippen LogP contribution in [0, 0.1) is 28.5 Å². The van der Waals surface area contributed by atoms with Crippen molar-refractivity contribution in [3.63, 3.8) is 0 Å². The average Bonchev–Trinajstić information content (AvgIpc) is 2.71. The third-order valence-electron chi connectivity index (χ3n) is 3.62. The number of aromatic nitrogens is 3. The fourth-order valence-electron chi connectivity index (χ4n) is 2.29. The van der Waals surface area contributed by atoms with Crippen molar-refractivity contribution in [2.45, 2.75) is 6.42 Å². The van der Waals surface area contributed by atoms with Crippen molar-refractivity contribution >= 4 is 11.7 Å². The maximum absolute atomic E-state index is 13.4. The number of carbonyl (C=O) groups excluding carboxylic acids is 1. The van der Waals surface area contributed by atoms with Gasteiger partial charge in [-0.2, -0.15) is 10.5 Å². The van der Waals surface area contributed by atoms with Gasteiger partial charge >= 0.3 is 0 Å². The van der Waals surface area contributed by atoms with E-state index in [1.54, 1.807) is 24.4 Å². The fourth-order valence-corrected chi connectivity index (χ4v) is 2.29. The number of pyridine rings is 1. The van der Waals surface area contributed by atoms with E-state index < -0.39 is 11.7 Å². The number of anilines is 1. The zero-order chi connectivity index (χ0) is 19.2. The van der Waals surface area contributed by atoms with E-state index >= 15 is 0 Å². The maximum atomic E-state index is 13.4. The van der Waals surface area contributed by atoms with Crippen LogP contribution in [0.15, 0.2) is 48.9 Å². The Morgan fingerprint density at radius 3 is 2.44 bits per heavy atom. The minimum atomic E-state index is -0.552. The molecule has 3 aromatic rings. The third-order valence-corrected chi connectivity index (χ3v) is 3.62. The number of amides is 1. The highest BCUT2D eigenvalue weighted by Crippen LogP contribution is 2.15. The number of nitrogens with one attached hydrogen (secondary N) is 1. The van der Waals surface area contributed by atoms with Crippen molar-refractivity contribution in [1.29, 1.82) is 10.5 Å². The van der Waals surface area contributed by atoms with Gasteiger partial charge in [-0.1, -0.05) is 12.1 Å². The van der Waals surface area contributed by atoms with Crippen LogP contribution in [0.4, 0.5) is 10.2 Å². The summed E-state index contributed by atoms with van der Waals surface area (Å²) in [5.74, 6) is -0.723. The van der Waals surface area contributed by atoms with Gasteiger partial charge in [0.15, 0.2) is 5.69 Å². The molecule has 0 fully saturated rings. The van der Waals surface area contributed by atoms with Crippen LogP contribution in [0.25, 0.3) is 0 Å². The molecule has 0 saturated carbocycles. The Labute approximate surface area is 153 Å². The highest BCUT2D eigenvalue weighted by molar-refractivity contribution is 6.02. The molecule has 0 spiro atoms. The molecular formula is C19H11FN6O. The molecule has 0 unspecified atom stereocenters. The second-order valence-electron chi connectivity index (χ2n) is 5.51. The summed E-state index contributed by atoms with van der Waals surface area (Å²) in [6.45, 7) is 0. The first-order valence-corrected chi connectivity index (χ1v) is 7.76. The van der Waals surface area contributed by atoms with Gasteiger partial charge in [-0.25, -0.2) is 19.3 Å². The number of rotatable bonds is 4. The lowest BCUT2D eigenvalue weighted by molar-refractivity contribution is 0.102. The number of hydrogen-bond acceptors (Lipinski definition) is 6. The minimum absolute atomic E-state index is 0.00660. The molecule has 0 atom stereocenters. The van der Waals surface area contributed by atoms with Gasteiger partial charge < -0.3 is 5.32 Å². The van der Waals surface area contributed by atoms with Gasteiger partial charge in [0, 0.05) is 6.20 Å². The van der Waals surface area contributed by atoms with Crippen LogP contribution in [-0.2, 0) is 6.42 Å². The molecule has 1 aromatic carbocycles. The molecule has 130 valence electrons. The lowest BCUT2D eigenvalue weighted by Crippen LogP contribution is -2.15. The second-order valence-corrected chi connectivity index (χ2v) is 5.51. The van der Waals surface area contributed by atoms with Crippen LogP contribution >= 0.6 is 0 Å². The number of halogens is 1. The average molecular weight is 358 g/mol. The van der Waals surface area contributed by atoms with Crippen molar-refractivity contribution in [3.8, 4) is 12.1 Å². The first-order valence-electron chi connectivity index (χ1n) is 7.76. The molecule has 3 rings (SSSR count).